The molecule has 0 N–H and O–H groups in total. The van der Waals surface area contributed by atoms with Gasteiger partial charge in [-0.3, -0.25) is 4.98 Å². The predicted molar refractivity (Wildman–Crippen MR) is 65.6 cm³/mol. The first-order valence-corrected chi connectivity index (χ1v) is 5.36. The van der Waals surface area contributed by atoms with Gasteiger partial charge in [-0.2, -0.15) is 0 Å². The van der Waals surface area contributed by atoms with Crippen molar-refractivity contribution in [1.82, 2.24) is 9.97 Å². The number of rotatable bonds is 3. The molecule has 0 aliphatic rings. The molecule has 2 rings (SSSR count). The fourth-order valence-corrected chi connectivity index (χ4v) is 1.54. The lowest BCUT2D eigenvalue weighted by Gasteiger charge is -2.18. The topological polar surface area (TPSA) is 29.0 Å². The van der Waals surface area contributed by atoms with E-state index in [9.17, 15) is 0 Å². The van der Waals surface area contributed by atoms with E-state index < -0.39 is 0 Å². The van der Waals surface area contributed by atoms with Crippen molar-refractivity contribution in [2.24, 2.45) is 0 Å². The quantitative estimate of drug-likeness (QED) is 0.816. The van der Waals surface area contributed by atoms with Gasteiger partial charge in [-0.1, -0.05) is 29.8 Å². The van der Waals surface area contributed by atoms with Gasteiger partial charge in [-0.15, -0.1) is 0 Å². The third-order valence-corrected chi connectivity index (χ3v) is 2.47. The highest BCUT2D eigenvalue weighted by Crippen LogP contribution is 2.13. The molecule has 0 amide bonds. The number of halogens is 1. The molecule has 0 atom stereocenters. The Kier molecular flexibility index (Phi) is 3.37. The summed E-state index contributed by atoms with van der Waals surface area (Å²) in [6.45, 7) is 0.716. The van der Waals surface area contributed by atoms with Gasteiger partial charge < -0.3 is 4.90 Å². The second-order valence-electron chi connectivity index (χ2n) is 3.52. The van der Waals surface area contributed by atoms with Crippen molar-refractivity contribution in [2.75, 3.05) is 11.9 Å². The van der Waals surface area contributed by atoms with Crippen LogP contribution < -0.4 is 4.90 Å². The molecule has 1 aromatic carbocycles. The average Bonchev–Trinajstić information content (AvgIpc) is 2.33. The lowest BCUT2D eigenvalue weighted by Crippen LogP contribution is -2.17. The summed E-state index contributed by atoms with van der Waals surface area (Å²) in [6, 6.07) is 10.1. The number of benzene rings is 1. The number of nitrogens with zero attached hydrogens (tertiary/aromatic N) is 3. The summed E-state index contributed by atoms with van der Waals surface area (Å²) in [5.74, 6) is 0. The van der Waals surface area contributed by atoms with E-state index in [0.717, 1.165) is 11.4 Å². The van der Waals surface area contributed by atoms with Gasteiger partial charge in [0.1, 0.15) is 5.15 Å². The molecule has 16 heavy (non-hydrogen) atoms. The van der Waals surface area contributed by atoms with Crippen molar-refractivity contribution in [3.8, 4) is 0 Å². The fraction of sp³-hybridized carbons (Fsp3) is 0.167. The summed E-state index contributed by atoms with van der Waals surface area (Å²) in [5, 5.41) is 0.422. The standard InChI is InChI=1S/C12H12ClN3/c1-16(11-5-3-2-4-6-11)9-10-7-15-12(13)8-14-10/h2-8H,9H2,1H3. The maximum atomic E-state index is 5.68. The van der Waals surface area contributed by atoms with E-state index in [1.54, 1.807) is 12.4 Å². The van der Waals surface area contributed by atoms with E-state index in [2.05, 4.69) is 27.0 Å². The number of hydrogen-bond donors (Lipinski definition) is 0. The lowest BCUT2D eigenvalue weighted by molar-refractivity contribution is 0.873. The van der Waals surface area contributed by atoms with E-state index in [4.69, 9.17) is 11.6 Å². The molecule has 82 valence electrons. The van der Waals surface area contributed by atoms with Gasteiger partial charge in [0.2, 0.25) is 0 Å². The van der Waals surface area contributed by atoms with Crippen LogP contribution in [0, 0.1) is 0 Å². The van der Waals surface area contributed by atoms with E-state index >= 15 is 0 Å². The van der Waals surface area contributed by atoms with Gasteiger partial charge in [0.05, 0.1) is 24.6 Å². The molecular weight excluding hydrogens is 222 g/mol. The van der Waals surface area contributed by atoms with E-state index in [-0.39, 0.29) is 0 Å². The summed E-state index contributed by atoms with van der Waals surface area (Å²) in [6.07, 6.45) is 3.26. The van der Waals surface area contributed by atoms with Gasteiger partial charge in [0.25, 0.3) is 0 Å². The van der Waals surface area contributed by atoms with Gasteiger partial charge >= 0.3 is 0 Å². The smallest absolute Gasteiger partial charge is 0.147 e. The zero-order valence-corrected chi connectivity index (χ0v) is 9.72. The average molecular weight is 234 g/mol. The second kappa shape index (κ2) is 4.94. The van der Waals surface area contributed by atoms with Crippen LogP contribution in [0.5, 0.6) is 0 Å². The summed E-state index contributed by atoms with van der Waals surface area (Å²) >= 11 is 5.68. The maximum absolute atomic E-state index is 5.68. The zero-order valence-electron chi connectivity index (χ0n) is 8.97. The minimum absolute atomic E-state index is 0.422. The van der Waals surface area contributed by atoms with Crippen molar-refractivity contribution in [2.45, 2.75) is 6.54 Å². The highest BCUT2D eigenvalue weighted by Gasteiger charge is 2.02. The third kappa shape index (κ3) is 2.70. The Morgan fingerprint density at radius 1 is 1.12 bits per heavy atom. The zero-order chi connectivity index (χ0) is 11.4. The highest BCUT2D eigenvalue weighted by molar-refractivity contribution is 6.29. The van der Waals surface area contributed by atoms with Crippen LogP contribution in [0.15, 0.2) is 42.7 Å². The number of aromatic nitrogens is 2. The van der Waals surface area contributed by atoms with E-state index in [1.165, 1.54) is 0 Å². The number of anilines is 1. The molecule has 0 aliphatic heterocycles. The van der Waals surface area contributed by atoms with Crippen LogP contribution in [-0.2, 0) is 6.54 Å². The normalized spacial score (nSPS) is 10.1. The Bertz CT molecular complexity index is 442. The van der Waals surface area contributed by atoms with Gasteiger partial charge in [-0.05, 0) is 12.1 Å². The van der Waals surface area contributed by atoms with Crippen LogP contribution in [0.3, 0.4) is 0 Å². The molecule has 0 aliphatic carbocycles. The first-order valence-electron chi connectivity index (χ1n) is 4.98. The minimum Gasteiger partial charge on any atom is -0.369 e. The van der Waals surface area contributed by atoms with Crippen molar-refractivity contribution in [3.05, 3.63) is 53.6 Å². The Morgan fingerprint density at radius 2 is 1.88 bits per heavy atom. The highest BCUT2D eigenvalue weighted by atomic mass is 35.5. The first-order chi connectivity index (χ1) is 7.75. The molecule has 0 spiro atoms. The number of para-hydroxylation sites is 1. The molecular formula is C12H12ClN3. The van der Waals surface area contributed by atoms with Crippen LogP contribution in [0.2, 0.25) is 5.15 Å². The van der Waals surface area contributed by atoms with Gasteiger partial charge in [0.15, 0.2) is 0 Å². The molecule has 0 radical (unpaired) electrons. The summed E-state index contributed by atoms with van der Waals surface area (Å²) < 4.78 is 0. The monoisotopic (exact) mass is 233 g/mol. The molecule has 0 fully saturated rings. The first kappa shape index (κ1) is 10.9. The van der Waals surface area contributed by atoms with Crippen molar-refractivity contribution in [3.63, 3.8) is 0 Å². The Labute approximate surface area is 99.7 Å². The van der Waals surface area contributed by atoms with Gasteiger partial charge in [-0.25, -0.2) is 4.98 Å². The summed E-state index contributed by atoms with van der Waals surface area (Å²) in [7, 11) is 2.02. The summed E-state index contributed by atoms with van der Waals surface area (Å²) in [4.78, 5) is 10.3. The fourth-order valence-electron chi connectivity index (χ4n) is 1.44. The van der Waals surface area contributed by atoms with Crippen molar-refractivity contribution < 1.29 is 0 Å². The van der Waals surface area contributed by atoms with Crippen LogP contribution in [0.25, 0.3) is 0 Å². The van der Waals surface area contributed by atoms with E-state index in [0.29, 0.717) is 11.7 Å². The van der Waals surface area contributed by atoms with Crippen LogP contribution in [-0.4, -0.2) is 17.0 Å². The Balaban J connectivity index is 2.08. The Morgan fingerprint density at radius 3 is 2.50 bits per heavy atom. The minimum atomic E-state index is 0.422. The molecule has 4 heteroatoms. The second-order valence-corrected chi connectivity index (χ2v) is 3.91. The Hall–Kier alpha value is -1.61. The van der Waals surface area contributed by atoms with Gasteiger partial charge in [0, 0.05) is 12.7 Å². The molecule has 3 nitrogen and oxygen atoms in total. The molecule has 0 saturated heterocycles. The largest absolute Gasteiger partial charge is 0.369 e. The van der Waals surface area contributed by atoms with E-state index in [1.807, 2.05) is 25.2 Å². The maximum Gasteiger partial charge on any atom is 0.147 e. The van der Waals surface area contributed by atoms with Crippen LogP contribution >= 0.6 is 11.6 Å². The van der Waals surface area contributed by atoms with Crippen LogP contribution in [0.1, 0.15) is 5.69 Å². The molecule has 1 aromatic heterocycles. The molecule has 0 unspecified atom stereocenters. The molecule has 1 heterocycles. The number of hydrogen-bond acceptors (Lipinski definition) is 3. The summed E-state index contributed by atoms with van der Waals surface area (Å²) in [5.41, 5.74) is 2.05. The molecule has 0 bridgehead atoms. The third-order valence-electron chi connectivity index (χ3n) is 2.27. The molecule has 2 aromatic rings. The van der Waals surface area contributed by atoms with Crippen LogP contribution in [0.4, 0.5) is 5.69 Å². The SMILES string of the molecule is CN(Cc1cnc(Cl)cn1)c1ccccc1. The van der Waals surface area contributed by atoms with Crippen molar-refractivity contribution in [1.29, 1.82) is 0 Å². The predicted octanol–water partition coefficient (Wildman–Crippen LogP) is 2.77. The lowest BCUT2D eigenvalue weighted by atomic mass is 10.3. The molecule has 0 saturated carbocycles. The van der Waals surface area contributed by atoms with Crippen molar-refractivity contribution >= 4 is 17.3 Å².